The Bertz CT molecular complexity index is 1190. The standard InChI is InChI=1S/C24H27N7O3/c1-2-22(32)29-20-7-5-6-19(27-20)28-21-14-17-18(15-25-21)26-24(34-16-8-12-33-13-9-16)30-23(17)31-10-3-4-11-31/h2,5-7,14-16H,1,3-4,8-13H2,(H2,25,27,28,29,32). The summed E-state index contributed by atoms with van der Waals surface area (Å²) >= 11 is 0. The first-order chi connectivity index (χ1) is 16.7. The maximum Gasteiger partial charge on any atom is 0.319 e. The van der Waals surface area contributed by atoms with Crippen LogP contribution in [0.4, 0.5) is 23.3 Å². The average molecular weight is 462 g/mol. The van der Waals surface area contributed by atoms with Crippen molar-refractivity contribution in [2.24, 2.45) is 0 Å². The number of aromatic nitrogens is 4. The fourth-order valence-corrected chi connectivity index (χ4v) is 4.11. The van der Waals surface area contributed by atoms with Gasteiger partial charge < -0.3 is 25.0 Å². The smallest absolute Gasteiger partial charge is 0.319 e. The lowest BCUT2D eigenvalue weighted by Gasteiger charge is -2.24. The van der Waals surface area contributed by atoms with E-state index in [2.05, 4.69) is 37.1 Å². The third kappa shape index (κ3) is 5.07. The number of carbonyl (C=O) groups excluding carboxylic acids is 1. The summed E-state index contributed by atoms with van der Waals surface area (Å²) in [6.07, 6.45) is 6.91. The van der Waals surface area contributed by atoms with E-state index in [9.17, 15) is 4.79 Å². The van der Waals surface area contributed by atoms with Gasteiger partial charge in [0.05, 0.1) is 24.9 Å². The number of amides is 1. The molecule has 34 heavy (non-hydrogen) atoms. The minimum atomic E-state index is -0.320. The lowest BCUT2D eigenvalue weighted by Crippen LogP contribution is -2.27. The van der Waals surface area contributed by atoms with Gasteiger partial charge in [-0.25, -0.2) is 9.97 Å². The van der Waals surface area contributed by atoms with Crippen LogP contribution in [-0.4, -0.2) is 58.3 Å². The molecule has 176 valence electrons. The lowest BCUT2D eigenvalue weighted by molar-refractivity contribution is -0.111. The molecule has 0 spiro atoms. The molecule has 0 saturated carbocycles. The number of fused-ring (bicyclic) bond motifs is 1. The number of hydrogen-bond donors (Lipinski definition) is 2. The Morgan fingerprint density at radius 2 is 1.91 bits per heavy atom. The summed E-state index contributed by atoms with van der Waals surface area (Å²) in [4.78, 5) is 32.2. The maximum atomic E-state index is 11.6. The van der Waals surface area contributed by atoms with Gasteiger partial charge in [0, 0.05) is 31.3 Å². The molecule has 3 aromatic heterocycles. The Morgan fingerprint density at radius 1 is 1.12 bits per heavy atom. The van der Waals surface area contributed by atoms with E-state index >= 15 is 0 Å². The molecule has 10 heteroatoms. The van der Waals surface area contributed by atoms with Gasteiger partial charge in [0.25, 0.3) is 0 Å². The zero-order valence-electron chi connectivity index (χ0n) is 18.9. The number of pyridine rings is 2. The van der Waals surface area contributed by atoms with E-state index in [0.29, 0.717) is 36.7 Å². The van der Waals surface area contributed by atoms with Gasteiger partial charge >= 0.3 is 6.01 Å². The monoisotopic (exact) mass is 461 g/mol. The maximum absolute atomic E-state index is 11.6. The van der Waals surface area contributed by atoms with Crippen molar-refractivity contribution in [2.75, 3.05) is 41.8 Å². The molecule has 0 bridgehead atoms. The zero-order chi connectivity index (χ0) is 23.3. The van der Waals surface area contributed by atoms with Crippen molar-refractivity contribution in [3.05, 3.63) is 43.1 Å². The molecule has 5 rings (SSSR count). The quantitative estimate of drug-likeness (QED) is 0.511. The average Bonchev–Trinajstić information content (AvgIpc) is 3.39. The van der Waals surface area contributed by atoms with Gasteiger partial charge in [0.1, 0.15) is 29.4 Å². The number of rotatable bonds is 7. The molecule has 10 nitrogen and oxygen atoms in total. The van der Waals surface area contributed by atoms with Crippen LogP contribution >= 0.6 is 0 Å². The van der Waals surface area contributed by atoms with E-state index in [-0.39, 0.29) is 12.0 Å². The van der Waals surface area contributed by atoms with Gasteiger partial charge in [-0.2, -0.15) is 9.97 Å². The van der Waals surface area contributed by atoms with Crippen molar-refractivity contribution in [1.82, 2.24) is 19.9 Å². The Hall–Kier alpha value is -3.79. The highest BCUT2D eigenvalue weighted by atomic mass is 16.5. The van der Waals surface area contributed by atoms with Crippen LogP contribution in [0, 0.1) is 0 Å². The van der Waals surface area contributed by atoms with Gasteiger partial charge in [-0.3, -0.25) is 4.79 Å². The molecule has 1 amide bonds. The molecule has 3 aromatic rings. The van der Waals surface area contributed by atoms with Crippen molar-refractivity contribution in [3.8, 4) is 6.01 Å². The molecule has 2 aliphatic rings. The fraction of sp³-hybridized carbons (Fsp3) is 0.375. The first-order valence-electron chi connectivity index (χ1n) is 11.5. The van der Waals surface area contributed by atoms with E-state index < -0.39 is 0 Å². The Balaban J connectivity index is 1.44. The molecular formula is C24H27N7O3. The molecule has 0 atom stereocenters. The third-order valence-electron chi connectivity index (χ3n) is 5.83. The minimum Gasteiger partial charge on any atom is -0.460 e. The lowest BCUT2D eigenvalue weighted by atomic mass is 10.2. The number of nitrogens with zero attached hydrogens (tertiary/aromatic N) is 5. The molecule has 0 aromatic carbocycles. The first-order valence-corrected chi connectivity index (χ1v) is 11.5. The predicted molar refractivity (Wildman–Crippen MR) is 130 cm³/mol. The SMILES string of the molecule is C=CC(=O)Nc1cccc(Nc2cc3c(N4CCCC4)nc(OC4CCOCC4)nc3cn2)n1. The van der Waals surface area contributed by atoms with Crippen LogP contribution in [0.3, 0.4) is 0 Å². The molecular weight excluding hydrogens is 434 g/mol. The van der Waals surface area contributed by atoms with Crippen LogP contribution in [-0.2, 0) is 9.53 Å². The molecule has 2 N–H and O–H groups in total. The van der Waals surface area contributed by atoms with Gasteiger partial charge in [0.15, 0.2) is 0 Å². The van der Waals surface area contributed by atoms with E-state index in [1.54, 1.807) is 24.4 Å². The highest BCUT2D eigenvalue weighted by Gasteiger charge is 2.22. The first kappa shape index (κ1) is 22.0. The molecule has 2 aliphatic heterocycles. The zero-order valence-corrected chi connectivity index (χ0v) is 18.9. The minimum absolute atomic E-state index is 0.0615. The van der Waals surface area contributed by atoms with E-state index in [4.69, 9.17) is 14.5 Å². The van der Waals surface area contributed by atoms with Crippen molar-refractivity contribution in [1.29, 1.82) is 0 Å². The van der Waals surface area contributed by atoms with E-state index in [1.165, 1.54) is 6.08 Å². The van der Waals surface area contributed by atoms with Crippen molar-refractivity contribution >= 4 is 40.1 Å². The summed E-state index contributed by atoms with van der Waals surface area (Å²) in [6, 6.07) is 7.62. The highest BCUT2D eigenvalue weighted by Crippen LogP contribution is 2.31. The summed E-state index contributed by atoms with van der Waals surface area (Å²) in [5.74, 6) is 2.12. The van der Waals surface area contributed by atoms with Crippen LogP contribution in [0.5, 0.6) is 6.01 Å². The number of carbonyl (C=O) groups is 1. The summed E-state index contributed by atoms with van der Waals surface area (Å²) in [5, 5.41) is 6.76. The van der Waals surface area contributed by atoms with Crippen molar-refractivity contribution in [3.63, 3.8) is 0 Å². The normalized spacial score (nSPS) is 16.4. The van der Waals surface area contributed by atoms with E-state index in [1.807, 2.05) is 6.07 Å². The number of anilines is 4. The van der Waals surface area contributed by atoms with E-state index in [0.717, 1.165) is 55.5 Å². The molecule has 0 unspecified atom stereocenters. The molecule has 2 saturated heterocycles. The van der Waals surface area contributed by atoms with Crippen LogP contribution in [0.2, 0.25) is 0 Å². The van der Waals surface area contributed by atoms with Crippen LogP contribution < -0.4 is 20.3 Å². The number of hydrogen-bond acceptors (Lipinski definition) is 9. The summed E-state index contributed by atoms with van der Waals surface area (Å²) < 4.78 is 11.6. The van der Waals surface area contributed by atoms with Gasteiger partial charge in [-0.05, 0) is 37.1 Å². The molecule has 2 fully saturated rings. The molecule has 0 radical (unpaired) electrons. The second-order valence-corrected chi connectivity index (χ2v) is 8.27. The van der Waals surface area contributed by atoms with Gasteiger partial charge in [-0.15, -0.1) is 0 Å². The predicted octanol–water partition coefficient (Wildman–Crippen LogP) is 3.45. The summed E-state index contributed by atoms with van der Waals surface area (Å²) in [6.45, 7) is 6.74. The second-order valence-electron chi connectivity index (χ2n) is 8.27. The Labute approximate surface area is 197 Å². The second kappa shape index (κ2) is 10.0. The summed E-state index contributed by atoms with van der Waals surface area (Å²) in [7, 11) is 0. The van der Waals surface area contributed by atoms with Gasteiger partial charge in [-0.1, -0.05) is 12.6 Å². The van der Waals surface area contributed by atoms with Crippen LogP contribution in [0.25, 0.3) is 10.9 Å². The van der Waals surface area contributed by atoms with Gasteiger partial charge in [0.2, 0.25) is 5.91 Å². The number of ether oxygens (including phenoxy) is 2. The molecule has 5 heterocycles. The third-order valence-corrected chi connectivity index (χ3v) is 5.83. The summed E-state index contributed by atoms with van der Waals surface area (Å²) in [5.41, 5.74) is 0.726. The molecule has 0 aliphatic carbocycles. The highest BCUT2D eigenvalue weighted by molar-refractivity contribution is 5.98. The van der Waals surface area contributed by atoms with Crippen LogP contribution in [0.15, 0.2) is 43.1 Å². The topological polar surface area (TPSA) is 114 Å². The Morgan fingerprint density at radius 3 is 2.71 bits per heavy atom. The van der Waals surface area contributed by atoms with Crippen LogP contribution in [0.1, 0.15) is 25.7 Å². The van der Waals surface area contributed by atoms with Crippen molar-refractivity contribution < 1.29 is 14.3 Å². The fourth-order valence-electron chi connectivity index (χ4n) is 4.11. The Kier molecular flexibility index (Phi) is 6.48. The van der Waals surface area contributed by atoms with Crippen molar-refractivity contribution in [2.45, 2.75) is 31.8 Å². The largest absolute Gasteiger partial charge is 0.460 e. The number of nitrogens with one attached hydrogen (secondary N) is 2.